The first-order valence-electron chi connectivity index (χ1n) is 10.8. The fourth-order valence-electron chi connectivity index (χ4n) is 4.31. The second-order valence-corrected chi connectivity index (χ2v) is 8.44. The Morgan fingerprint density at radius 1 is 1.03 bits per heavy atom. The molecule has 3 N–H and O–H groups in total. The lowest BCUT2D eigenvalue weighted by atomic mass is 9.95. The molecular formula is C26H20ClN3O6. The van der Waals surface area contributed by atoms with Crippen LogP contribution in [0.2, 0.25) is 5.02 Å². The zero-order valence-corrected chi connectivity index (χ0v) is 19.9. The van der Waals surface area contributed by atoms with E-state index in [0.717, 1.165) is 0 Å². The standard InChI is InChI=1S/C26H20ClN3O6/c1-35-19-12-16(27)20(36-2)11-15(19)23(32)21-22(13-6-5-7-14(31)10-13)30(25(34)24(21)33)26-28-17-8-3-4-9-18(17)29-26/h3-12,22,31-32H,1-2H3,(H,28,29)/b23-21+. The number of halogens is 1. The number of aliphatic hydroxyl groups excluding tert-OH is 1. The van der Waals surface area contributed by atoms with Gasteiger partial charge >= 0.3 is 5.91 Å². The average Bonchev–Trinajstić information content (AvgIpc) is 3.41. The number of rotatable bonds is 5. The summed E-state index contributed by atoms with van der Waals surface area (Å²) in [6.45, 7) is 0. The van der Waals surface area contributed by atoms with E-state index in [2.05, 4.69) is 9.97 Å². The lowest BCUT2D eigenvalue weighted by molar-refractivity contribution is -0.132. The van der Waals surface area contributed by atoms with Gasteiger partial charge in [-0.15, -0.1) is 0 Å². The monoisotopic (exact) mass is 505 g/mol. The van der Waals surface area contributed by atoms with Crippen LogP contribution in [0, 0.1) is 0 Å². The summed E-state index contributed by atoms with van der Waals surface area (Å²) in [5.41, 5.74) is 1.53. The van der Waals surface area contributed by atoms with Crippen molar-refractivity contribution in [2.75, 3.05) is 19.1 Å². The predicted molar refractivity (Wildman–Crippen MR) is 134 cm³/mol. The molecule has 1 aliphatic rings. The molecule has 1 unspecified atom stereocenters. The third kappa shape index (κ3) is 3.70. The number of aromatic nitrogens is 2. The molecule has 0 bridgehead atoms. The largest absolute Gasteiger partial charge is 0.508 e. The first-order valence-corrected chi connectivity index (χ1v) is 11.2. The highest BCUT2D eigenvalue weighted by molar-refractivity contribution is 6.51. The molecular weight excluding hydrogens is 486 g/mol. The number of benzene rings is 3. The number of H-pyrrole nitrogens is 1. The number of aromatic amines is 1. The van der Waals surface area contributed by atoms with E-state index in [1.807, 2.05) is 6.07 Å². The Balaban J connectivity index is 1.77. The van der Waals surface area contributed by atoms with Gasteiger partial charge < -0.3 is 24.7 Å². The van der Waals surface area contributed by atoms with E-state index in [4.69, 9.17) is 21.1 Å². The minimum Gasteiger partial charge on any atom is -0.508 e. The maximum atomic E-state index is 13.4. The number of fused-ring (bicyclic) bond motifs is 1. The molecule has 1 atom stereocenters. The number of anilines is 1. The number of nitrogens with one attached hydrogen (secondary N) is 1. The second-order valence-electron chi connectivity index (χ2n) is 8.03. The van der Waals surface area contributed by atoms with Gasteiger partial charge in [0.1, 0.15) is 23.0 Å². The summed E-state index contributed by atoms with van der Waals surface area (Å²) in [6.07, 6.45) is 0. The Hall–Kier alpha value is -4.50. The number of aliphatic hydroxyl groups is 1. The van der Waals surface area contributed by atoms with Gasteiger partial charge in [-0.25, -0.2) is 4.98 Å². The normalized spacial score (nSPS) is 17.1. The Morgan fingerprint density at radius 2 is 1.78 bits per heavy atom. The molecule has 36 heavy (non-hydrogen) atoms. The topological polar surface area (TPSA) is 125 Å². The number of methoxy groups -OCH3 is 2. The van der Waals surface area contributed by atoms with Gasteiger partial charge in [-0.05, 0) is 35.9 Å². The maximum absolute atomic E-state index is 13.4. The number of carbonyl (C=O) groups excluding carboxylic acids is 2. The number of phenols is 1. The number of hydrogen-bond donors (Lipinski definition) is 3. The van der Waals surface area contributed by atoms with E-state index >= 15 is 0 Å². The van der Waals surface area contributed by atoms with Crippen LogP contribution in [0.4, 0.5) is 5.95 Å². The molecule has 5 rings (SSSR count). The number of hydrogen-bond acceptors (Lipinski definition) is 7. The van der Waals surface area contributed by atoms with Crippen LogP contribution in [-0.4, -0.2) is 46.1 Å². The van der Waals surface area contributed by atoms with E-state index in [0.29, 0.717) is 16.6 Å². The molecule has 2 heterocycles. The molecule has 182 valence electrons. The number of carbonyl (C=O) groups is 2. The lowest BCUT2D eigenvalue weighted by Crippen LogP contribution is -2.30. The summed E-state index contributed by atoms with van der Waals surface area (Å²) >= 11 is 6.21. The van der Waals surface area contributed by atoms with Crippen LogP contribution in [0.3, 0.4) is 0 Å². The van der Waals surface area contributed by atoms with Crippen molar-refractivity contribution in [3.8, 4) is 17.2 Å². The first-order chi connectivity index (χ1) is 17.3. The summed E-state index contributed by atoms with van der Waals surface area (Å²) in [6, 6.07) is 15.0. The van der Waals surface area contributed by atoms with Crippen molar-refractivity contribution < 1.29 is 29.3 Å². The molecule has 0 radical (unpaired) electrons. The van der Waals surface area contributed by atoms with Crippen LogP contribution in [0.25, 0.3) is 16.8 Å². The van der Waals surface area contributed by atoms with E-state index in [1.165, 1.54) is 43.4 Å². The Bertz CT molecular complexity index is 1530. The average molecular weight is 506 g/mol. The number of para-hydroxylation sites is 2. The number of phenolic OH excluding ortho intramolecular Hbond substituents is 1. The van der Waals surface area contributed by atoms with Gasteiger partial charge in [-0.1, -0.05) is 35.9 Å². The highest BCUT2D eigenvalue weighted by atomic mass is 35.5. The number of ether oxygens (including phenoxy) is 2. The zero-order chi connectivity index (χ0) is 25.6. The molecule has 1 saturated heterocycles. The quantitative estimate of drug-likeness (QED) is 0.206. The molecule has 10 heteroatoms. The van der Waals surface area contributed by atoms with Crippen molar-refractivity contribution in [1.82, 2.24) is 9.97 Å². The van der Waals surface area contributed by atoms with Crippen molar-refractivity contribution in [3.05, 3.63) is 82.4 Å². The molecule has 0 aliphatic carbocycles. The Morgan fingerprint density at radius 3 is 2.47 bits per heavy atom. The lowest BCUT2D eigenvalue weighted by Gasteiger charge is -2.23. The third-order valence-electron chi connectivity index (χ3n) is 5.96. The molecule has 1 aromatic heterocycles. The van der Waals surface area contributed by atoms with Crippen molar-refractivity contribution in [2.24, 2.45) is 0 Å². The molecule has 1 amide bonds. The van der Waals surface area contributed by atoms with Crippen molar-refractivity contribution in [2.45, 2.75) is 6.04 Å². The summed E-state index contributed by atoms with van der Waals surface area (Å²) in [5.74, 6) is -1.88. The fourth-order valence-corrected chi connectivity index (χ4v) is 4.54. The van der Waals surface area contributed by atoms with Gasteiger partial charge in [0.15, 0.2) is 0 Å². The van der Waals surface area contributed by atoms with E-state index in [9.17, 15) is 19.8 Å². The number of aromatic hydroxyl groups is 1. The van der Waals surface area contributed by atoms with Crippen molar-refractivity contribution in [1.29, 1.82) is 0 Å². The third-order valence-corrected chi connectivity index (χ3v) is 6.26. The van der Waals surface area contributed by atoms with Crippen LogP contribution in [-0.2, 0) is 9.59 Å². The highest BCUT2D eigenvalue weighted by Crippen LogP contribution is 2.44. The Kier molecular flexibility index (Phi) is 5.77. The van der Waals surface area contributed by atoms with E-state index in [1.54, 1.807) is 30.3 Å². The summed E-state index contributed by atoms with van der Waals surface area (Å²) in [5, 5.41) is 21.8. The molecule has 1 aliphatic heterocycles. The van der Waals surface area contributed by atoms with Gasteiger partial charge in [0, 0.05) is 6.07 Å². The van der Waals surface area contributed by atoms with Crippen LogP contribution >= 0.6 is 11.6 Å². The number of nitrogens with zero attached hydrogens (tertiary/aromatic N) is 2. The minimum absolute atomic E-state index is 0.0755. The van der Waals surface area contributed by atoms with Gasteiger partial charge in [0.05, 0.1) is 47.5 Å². The molecule has 3 aromatic carbocycles. The Labute approximate surface area is 210 Å². The first kappa shape index (κ1) is 23.3. The van der Waals surface area contributed by atoms with Crippen LogP contribution < -0.4 is 14.4 Å². The summed E-state index contributed by atoms with van der Waals surface area (Å²) in [4.78, 5) is 35.5. The van der Waals surface area contributed by atoms with Crippen LogP contribution in [0.1, 0.15) is 17.2 Å². The summed E-state index contributed by atoms with van der Waals surface area (Å²) < 4.78 is 10.6. The number of Topliss-reactive ketones (excluding diaryl/α,β-unsaturated/α-hetero) is 1. The zero-order valence-electron chi connectivity index (χ0n) is 19.2. The molecule has 4 aromatic rings. The van der Waals surface area contributed by atoms with Gasteiger partial charge in [0.2, 0.25) is 5.95 Å². The SMILES string of the molecule is COc1cc(/C(O)=C2\C(=O)C(=O)N(c3nc4ccccc4[nH]3)C2c2cccc(O)c2)c(OC)cc1Cl. The maximum Gasteiger partial charge on any atom is 0.302 e. The molecule has 0 saturated carbocycles. The number of ketones is 1. The van der Waals surface area contributed by atoms with Gasteiger partial charge in [-0.2, -0.15) is 0 Å². The van der Waals surface area contributed by atoms with Crippen LogP contribution in [0.15, 0.2) is 66.2 Å². The predicted octanol–water partition coefficient (Wildman–Crippen LogP) is 4.57. The van der Waals surface area contributed by atoms with Crippen LogP contribution in [0.5, 0.6) is 17.2 Å². The smallest absolute Gasteiger partial charge is 0.302 e. The second kappa shape index (κ2) is 8.94. The van der Waals surface area contributed by atoms with Crippen molar-refractivity contribution >= 4 is 46.0 Å². The highest BCUT2D eigenvalue weighted by Gasteiger charge is 2.48. The van der Waals surface area contributed by atoms with Gasteiger partial charge in [0.25, 0.3) is 5.78 Å². The fraction of sp³-hybridized carbons (Fsp3) is 0.115. The molecule has 0 spiro atoms. The molecule has 1 fully saturated rings. The van der Waals surface area contributed by atoms with E-state index in [-0.39, 0.29) is 39.4 Å². The van der Waals surface area contributed by atoms with Gasteiger partial charge in [-0.3, -0.25) is 14.5 Å². The number of imidazole rings is 1. The van der Waals surface area contributed by atoms with Crippen molar-refractivity contribution in [3.63, 3.8) is 0 Å². The van der Waals surface area contributed by atoms with E-state index < -0.39 is 23.5 Å². The number of amides is 1. The molecule has 9 nitrogen and oxygen atoms in total. The summed E-state index contributed by atoms with van der Waals surface area (Å²) in [7, 11) is 2.79. The minimum atomic E-state index is -1.11.